The molecule has 60 valence electrons. The van der Waals surface area contributed by atoms with Crippen LogP contribution < -0.4 is 0 Å². The first kappa shape index (κ1) is 9.43. The lowest BCUT2D eigenvalue weighted by Gasteiger charge is -2.11. The second-order valence-corrected chi connectivity index (χ2v) is 2.28. The van der Waals surface area contributed by atoms with Crippen LogP contribution in [0.15, 0.2) is 0 Å². The normalized spacial score (nSPS) is 16.0. The summed E-state index contributed by atoms with van der Waals surface area (Å²) in [6, 6.07) is 0. The number of aliphatic hydroxyl groups excluding tert-OH is 1. The minimum Gasteiger partial charge on any atom is -0.466 e. The Morgan fingerprint density at radius 2 is 2.10 bits per heavy atom. The lowest BCUT2D eigenvalue weighted by Crippen LogP contribution is -2.24. The Labute approximate surface area is 61.0 Å². The van der Waals surface area contributed by atoms with Gasteiger partial charge in [0.25, 0.3) is 0 Å². The Morgan fingerprint density at radius 1 is 1.60 bits per heavy atom. The summed E-state index contributed by atoms with van der Waals surface area (Å²) in [4.78, 5) is 10.8. The number of hydrogen-bond acceptors (Lipinski definition) is 3. The van der Waals surface area contributed by atoms with Crippen LogP contribution in [0.4, 0.5) is 0 Å². The van der Waals surface area contributed by atoms with Gasteiger partial charge in [-0.25, -0.2) is 0 Å². The van der Waals surface area contributed by atoms with Crippen molar-refractivity contribution in [2.45, 2.75) is 26.9 Å². The summed E-state index contributed by atoms with van der Waals surface area (Å²) < 4.78 is 4.67. The van der Waals surface area contributed by atoms with Gasteiger partial charge in [-0.05, 0) is 20.8 Å². The Balaban J connectivity index is 3.71. The Bertz CT molecular complexity index is 109. The highest BCUT2D eigenvalue weighted by atomic mass is 16.5. The fourth-order valence-corrected chi connectivity index (χ4v) is 0.471. The molecule has 0 aliphatic heterocycles. The lowest BCUT2D eigenvalue weighted by molar-refractivity contribution is -0.150. The van der Waals surface area contributed by atoms with E-state index in [2.05, 4.69) is 4.74 Å². The number of esters is 1. The van der Waals surface area contributed by atoms with Gasteiger partial charge in [-0.15, -0.1) is 0 Å². The van der Waals surface area contributed by atoms with Crippen LogP contribution in [-0.2, 0) is 9.53 Å². The first-order chi connectivity index (χ1) is 4.59. The van der Waals surface area contributed by atoms with Crippen molar-refractivity contribution < 1.29 is 14.6 Å². The van der Waals surface area contributed by atoms with E-state index in [1.165, 1.54) is 0 Å². The number of carbonyl (C=O) groups is 1. The predicted octanol–water partition coefficient (Wildman–Crippen LogP) is 0.566. The standard InChI is InChI=1S/C7H14O3/c1-4-10-7(9)5(2)6(3)8/h5-6,8H,4H2,1-3H3/t5-,6-/m1/s1. The number of hydrogen-bond donors (Lipinski definition) is 1. The summed E-state index contributed by atoms with van der Waals surface area (Å²) >= 11 is 0. The molecule has 0 bridgehead atoms. The van der Waals surface area contributed by atoms with Crippen LogP contribution >= 0.6 is 0 Å². The summed E-state index contributed by atoms with van der Waals surface area (Å²) in [6.07, 6.45) is -0.626. The summed E-state index contributed by atoms with van der Waals surface area (Å²) in [5.41, 5.74) is 0. The van der Waals surface area contributed by atoms with Crippen molar-refractivity contribution in [1.29, 1.82) is 0 Å². The minimum atomic E-state index is -0.626. The molecule has 3 nitrogen and oxygen atoms in total. The SMILES string of the molecule is CCOC(=O)[C@H](C)[C@@H](C)O. The van der Waals surface area contributed by atoms with Crippen LogP contribution in [0.1, 0.15) is 20.8 Å². The van der Waals surface area contributed by atoms with Crippen molar-refractivity contribution >= 4 is 5.97 Å². The molecule has 0 aliphatic rings. The molecule has 0 amide bonds. The highest BCUT2D eigenvalue weighted by molar-refractivity contribution is 5.72. The van der Waals surface area contributed by atoms with Crippen LogP contribution in [0.5, 0.6) is 0 Å². The first-order valence-electron chi connectivity index (χ1n) is 3.44. The Hall–Kier alpha value is -0.570. The predicted molar refractivity (Wildman–Crippen MR) is 37.5 cm³/mol. The van der Waals surface area contributed by atoms with E-state index in [0.717, 1.165) is 0 Å². The molecular formula is C7H14O3. The summed E-state index contributed by atoms with van der Waals surface area (Å²) in [7, 11) is 0. The summed E-state index contributed by atoms with van der Waals surface area (Å²) in [5.74, 6) is -0.752. The maximum atomic E-state index is 10.8. The highest BCUT2D eigenvalue weighted by Crippen LogP contribution is 2.03. The molecule has 0 spiro atoms. The molecule has 0 radical (unpaired) electrons. The van der Waals surface area contributed by atoms with E-state index in [1.54, 1.807) is 20.8 Å². The molecule has 0 unspecified atom stereocenters. The maximum absolute atomic E-state index is 10.8. The average molecular weight is 146 g/mol. The number of rotatable bonds is 3. The molecule has 0 saturated carbocycles. The third-order valence-electron chi connectivity index (χ3n) is 1.38. The number of ether oxygens (including phenoxy) is 1. The van der Waals surface area contributed by atoms with E-state index in [0.29, 0.717) is 6.61 Å². The molecule has 0 saturated heterocycles. The molecule has 2 atom stereocenters. The molecule has 0 rings (SSSR count). The molecule has 3 heteroatoms. The molecule has 0 aliphatic carbocycles. The molecule has 0 aromatic heterocycles. The molecule has 10 heavy (non-hydrogen) atoms. The lowest BCUT2D eigenvalue weighted by atomic mass is 10.1. The largest absolute Gasteiger partial charge is 0.466 e. The second kappa shape index (κ2) is 4.28. The van der Waals surface area contributed by atoms with Gasteiger partial charge in [0.1, 0.15) is 0 Å². The number of aliphatic hydroxyl groups is 1. The minimum absolute atomic E-state index is 0.336. The van der Waals surface area contributed by atoms with Crippen LogP contribution in [0.3, 0.4) is 0 Å². The van der Waals surface area contributed by atoms with Gasteiger partial charge in [0, 0.05) is 0 Å². The van der Waals surface area contributed by atoms with Gasteiger partial charge in [0.2, 0.25) is 0 Å². The van der Waals surface area contributed by atoms with Gasteiger partial charge < -0.3 is 9.84 Å². The van der Waals surface area contributed by atoms with E-state index in [4.69, 9.17) is 5.11 Å². The zero-order valence-corrected chi connectivity index (χ0v) is 6.63. The second-order valence-electron chi connectivity index (χ2n) is 2.28. The zero-order valence-electron chi connectivity index (χ0n) is 6.63. The van der Waals surface area contributed by atoms with Gasteiger partial charge in [0.15, 0.2) is 0 Å². The van der Waals surface area contributed by atoms with Crippen molar-refractivity contribution in [3.63, 3.8) is 0 Å². The van der Waals surface area contributed by atoms with Gasteiger partial charge in [-0.3, -0.25) is 4.79 Å². The van der Waals surface area contributed by atoms with Crippen LogP contribution in [0.2, 0.25) is 0 Å². The van der Waals surface area contributed by atoms with E-state index in [9.17, 15) is 4.79 Å². The molecule has 0 fully saturated rings. The van der Waals surface area contributed by atoms with Crippen molar-refractivity contribution in [3.05, 3.63) is 0 Å². The van der Waals surface area contributed by atoms with Gasteiger partial charge in [-0.2, -0.15) is 0 Å². The topological polar surface area (TPSA) is 46.5 Å². The van der Waals surface area contributed by atoms with Crippen molar-refractivity contribution in [1.82, 2.24) is 0 Å². The molecule has 0 aromatic carbocycles. The average Bonchev–Trinajstić information content (AvgIpc) is 1.87. The van der Waals surface area contributed by atoms with Crippen molar-refractivity contribution in [2.24, 2.45) is 5.92 Å². The fraction of sp³-hybridized carbons (Fsp3) is 0.857. The van der Waals surface area contributed by atoms with E-state index in [-0.39, 0.29) is 5.97 Å². The third kappa shape index (κ3) is 2.82. The van der Waals surface area contributed by atoms with Gasteiger partial charge >= 0.3 is 5.97 Å². The summed E-state index contributed by atoms with van der Waals surface area (Å²) in [6.45, 7) is 5.33. The Kier molecular flexibility index (Phi) is 4.03. The van der Waals surface area contributed by atoms with E-state index < -0.39 is 12.0 Å². The third-order valence-corrected chi connectivity index (χ3v) is 1.38. The molecule has 1 N–H and O–H groups in total. The van der Waals surface area contributed by atoms with Crippen LogP contribution in [-0.4, -0.2) is 23.8 Å². The highest BCUT2D eigenvalue weighted by Gasteiger charge is 2.18. The van der Waals surface area contributed by atoms with E-state index in [1.807, 2.05) is 0 Å². The van der Waals surface area contributed by atoms with Gasteiger partial charge in [0.05, 0.1) is 18.6 Å². The quantitative estimate of drug-likeness (QED) is 0.592. The first-order valence-corrected chi connectivity index (χ1v) is 3.44. The fourth-order valence-electron chi connectivity index (χ4n) is 0.471. The van der Waals surface area contributed by atoms with Crippen molar-refractivity contribution in [3.8, 4) is 0 Å². The zero-order chi connectivity index (χ0) is 8.15. The van der Waals surface area contributed by atoms with Crippen molar-refractivity contribution in [2.75, 3.05) is 6.61 Å². The van der Waals surface area contributed by atoms with E-state index >= 15 is 0 Å². The number of carbonyl (C=O) groups excluding carboxylic acids is 1. The Morgan fingerprint density at radius 3 is 2.40 bits per heavy atom. The smallest absolute Gasteiger partial charge is 0.311 e. The molecule has 0 heterocycles. The molecular weight excluding hydrogens is 132 g/mol. The monoisotopic (exact) mass is 146 g/mol. The maximum Gasteiger partial charge on any atom is 0.311 e. The molecule has 0 aromatic rings. The van der Waals surface area contributed by atoms with Gasteiger partial charge in [-0.1, -0.05) is 0 Å². The van der Waals surface area contributed by atoms with Crippen LogP contribution in [0, 0.1) is 5.92 Å². The summed E-state index contributed by atoms with van der Waals surface area (Å²) in [5, 5.41) is 8.92. The van der Waals surface area contributed by atoms with Crippen LogP contribution in [0.25, 0.3) is 0 Å².